The lowest BCUT2D eigenvalue weighted by Crippen LogP contribution is -2.28. The number of nitrogens with zero attached hydrogens (tertiary/aromatic N) is 9. The van der Waals surface area contributed by atoms with E-state index in [1.165, 1.54) is 120 Å². The molecule has 3 heterocycles. The molecule has 0 aliphatic heterocycles. The van der Waals surface area contributed by atoms with Gasteiger partial charge in [-0.1, -0.05) is 176 Å². The maximum absolute atomic E-state index is 12.2. The number of phenols is 2. The molecule has 0 bridgehead atoms. The number of ether oxygens (including phenoxy) is 1. The topological polar surface area (TPSA) is 139 Å². The summed E-state index contributed by atoms with van der Waals surface area (Å²) in [6.45, 7) is 8.97. The molecule has 0 saturated heterocycles. The van der Waals surface area contributed by atoms with E-state index in [-0.39, 0.29) is 10.8 Å². The molecule has 0 radical (unpaired) electrons. The normalized spacial score (nSPS) is 15.4. The van der Waals surface area contributed by atoms with Crippen molar-refractivity contribution in [2.24, 2.45) is 0 Å². The number of aromatic amines is 2. The van der Waals surface area contributed by atoms with E-state index in [0.29, 0.717) is 23.3 Å². The van der Waals surface area contributed by atoms with Crippen LogP contribution in [-0.2, 0) is 10.8 Å². The van der Waals surface area contributed by atoms with Crippen molar-refractivity contribution in [1.82, 2.24) is 24.9 Å². The largest absolute Gasteiger partial charge is 0.507 e. The van der Waals surface area contributed by atoms with Gasteiger partial charge in [0.25, 0.3) is 0 Å². The number of thiazole rings is 1. The minimum atomic E-state index is -0.00887. The fraction of sp³-hybridized carbons (Fsp3) is 0.394. The summed E-state index contributed by atoms with van der Waals surface area (Å²) in [6, 6.07) is 65.3. The van der Waals surface area contributed by atoms with Crippen molar-refractivity contribution in [2.75, 3.05) is 121 Å². The van der Waals surface area contributed by atoms with Crippen LogP contribution in [-0.4, -0.2) is 127 Å². The first-order chi connectivity index (χ1) is 57.2. The smallest absolute Gasteiger partial charge is 0.142 e. The average molecular weight is 1610 g/mol. The molecule has 0 spiro atoms. The molecule has 4 saturated carbocycles. The number of nitrogens with one attached hydrogen (secondary N) is 2. The van der Waals surface area contributed by atoms with E-state index in [0.717, 1.165) is 182 Å². The number of H-pyrrole nitrogens is 2. The first-order valence-corrected chi connectivity index (χ1v) is 44.4. The molecule has 12 aromatic rings. The maximum Gasteiger partial charge on any atom is 0.142 e. The van der Waals surface area contributed by atoms with Crippen LogP contribution in [0, 0.1) is 13.8 Å². The number of rotatable bonds is 20. The van der Waals surface area contributed by atoms with E-state index in [1.54, 1.807) is 18.4 Å². The number of phenolic OH excluding ortho intramolecular Hbond substituents is 2. The number of hydrogen-bond donors (Lipinski definition) is 4. The number of methoxy groups -OCH3 is 1. The molecule has 0 amide bonds. The Hall–Kier alpha value is -10.8. The summed E-state index contributed by atoms with van der Waals surface area (Å²) in [6.07, 6.45) is 24.8. The van der Waals surface area contributed by atoms with Crippen LogP contribution in [0.4, 0.5) is 34.1 Å². The van der Waals surface area contributed by atoms with Gasteiger partial charge in [-0.2, -0.15) is 0 Å². The van der Waals surface area contributed by atoms with Crippen LogP contribution in [0.2, 0.25) is 0 Å². The number of aryl methyl sites for hydroxylation is 2. The third kappa shape index (κ3) is 18.8. The van der Waals surface area contributed by atoms with Crippen LogP contribution in [0.25, 0.3) is 100 Å². The van der Waals surface area contributed by atoms with Gasteiger partial charge >= 0.3 is 0 Å². The van der Waals surface area contributed by atoms with Crippen molar-refractivity contribution < 1.29 is 14.9 Å². The zero-order valence-corrected chi connectivity index (χ0v) is 74.7. The van der Waals surface area contributed by atoms with Crippen LogP contribution < -0.4 is 34.1 Å². The Balaban J connectivity index is 0.000000148. The van der Waals surface area contributed by atoms with Gasteiger partial charge in [-0.25, -0.2) is 15.0 Å². The predicted molar refractivity (Wildman–Crippen MR) is 506 cm³/mol. The van der Waals surface area contributed by atoms with Gasteiger partial charge in [0.2, 0.25) is 0 Å². The molecule has 4 fully saturated rings. The highest BCUT2D eigenvalue weighted by molar-refractivity contribution is 7.19. The Kier molecular flexibility index (Phi) is 26.2. The maximum atomic E-state index is 12.2. The Morgan fingerprint density at radius 1 is 0.370 bits per heavy atom. The highest BCUT2D eigenvalue weighted by atomic mass is 32.1. The summed E-state index contributed by atoms with van der Waals surface area (Å²) >= 11 is 1.71. The number of aromatic hydroxyl groups is 2. The Labute approximate surface area is 713 Å². The highest BCUT2D eigenvalue weighted by Crippen LogP contribution is 2.53. The SMILES string of the molecule is CN(C)c1ccc(-c2nc(-c3cc(C4(C)CCCCC4)cc(C4(C)CCCCC4)c3O)sc2-c2ccc(N(C)C)cc2)cc1.CN(C)c1ccc(-c2nc(-c3cc(C4CCCCC4)cc(C4CCCCC4)c3O)[nH]c2-c2ccc(N(C)C)cc2)cc1.COc1c(C)cc(-c2nc(-c3ccc(N(C)C)cc3)c(-c3ccc(N(C)C)cc3)[nH]2)cc1C. The molecule has 622 valence electrons. The van der Waals surface area contributed by atoms with Gasteiger partial charge in [0, 0.05) is 158 Å². The van der Waals surface area contributed by atoms with Gasteiger partial charge in [0.15, 0.2) is 0 Å². The summed E-state index contributed by atoms with van der Waals surface area (Å²) in [5.74, 6) is 4.36. The van der Waals surface area contributed by atoms with Gasteiger partial charge in [-0.3, -0.25) is 0 Å². The Morgan fingerprint density at radius 2 is 0.739 bits per heavy atom. The molecule has 15 heteroatoms. The summed E-state index contributed by atoms with van der Waals surface area (Å²) in [5, 5.41) is 24.9. The quantitative estimate of drug-likeness (QED) is 0.0578. The van der Waals surface area contributed by atoms with Crippen molar-refractivity contribution >= 4 is 45.5 Å². The van der Waals surface area contributed by atoms with Crippen molar-refractivity contribution in [3.8, 4) is 117 Å². The van der Waals surface area contributed by atoms with E-state index in [9.17, 15) is 10.2 Å². The second kappa shape index (κ2) is 36.8. The number of aromatic nitrogens is 5. The van der Waals surface area contributed by atoms with Crippen molar-refractivity contribution in [3.05, 3.63) is 215 Å². The van der Waals surface area contributed by atoms with Crippen molar-refractivity contribution in [1.29, 1.82) is 0 Å². The van der Waals surface area contributed by atoms with Crippen LogP contribution in [0.5, 0.6) is 17.2 Å². The number of imidazole rings is 2. The molecule has 4 aliphatic carbocycles. The third-order valence-electron chi connectivity index (χ3n) is 26.1. The van der Waals surface area contributed by atoms with Gasteiger partial charge in [-0.05, 0) is 218 Å². The number of anilines is 6. The van der Waals surface area contributed by atoms with E-state index in [1.807, 2.05) is 14.1 Å². The van der Waals surface area contributed by atoms with Gasteiger partial charge in [0.1, 0.15) is 33.9 Å². The van der Waals surface area contributed by atoms with Gasteiger partial charge < -0.3 is 54.3 Å². The lowest BCUT2D eigenvalue weighted by Gasteiger charge is -2.38. The molecule has 4 N–H and O–H groups in total. The monoisotopic (exact) mass is 1610 g/mol. The molecular formula is C104H127N11O3S. The van der Waals surface area contributed by atoms with E-state index >= 15 is 0 Å². The average Bonchev–Trinajstić information content (AvgIpc) is 1.75. The van der Waals surface area contributed by atoms with E-state index in [2.05, 4.69) is 320 Å². The fourth-order valence-corrected chi connectivity index (χ4v) is 19.8. The molecule has 14 nitrogen and oxygen atoms in total. The van der Waals surface area contributed by atoms with Crippen LogP contribution in [0.15, 0.2) is 182 Å². The third-order valence-corrected chi connectivity index (χ3v) is 27.2. The second-order valence-electron chi connectivity index (χ2n) is 35.9. The Bertz CT molecular complexity index is 5170. The molecule has 16 rings (SSSR count). The molecule has 0 unspecified atom stereocenters. The van der Waals surface area contributed by atoms with E-state index in [4.69, 9.17) is 19.7 Å². The highest BCUT2D eigenvalue weighted by Gasteiger charge is 2.38. The summed E-state index contributed by atoms with van der Waals surface area (Å²) < 4.78 is 5.56. The van der Waals surface area contributed by atoms with Crippen LogP contribution in [0.3, 0.4) is 0 Å². The fourth-order valence-electron chi connectivity index (χ4n) is 18.7. The molecule has 9 aromatic carbocycles. The molecular weight excluding hydrogens is 1480 g/mol. The second-order valence-corrected chi connectivity index (χ2v) is 36.9. The van der Waals surface area contributed by atoms with Crippen molar-refractivity contribution in [3.63, 3.8) is 0 Å². The van der Waals surface area contributed by atoms with Crippen LogP contribution >= 0.6 is 11.3 Å². The van der Waals surface area contributed by atoms with E-state index < -0.39 is 0 Å². The standard InChI is InChI=1S/C39H49N3OS.C37H46N4O.C28H32N4O/c1-38(21-9-7-10-22-38)29-25-32(35(43)33(26-29)39(2)23-11-8-12-24-39)37-40-34(27-13-17-30(18-14-27)41(3)4)36(44-37)28-15-19-31(20-16-28)42(5)6;1-40(2)30-19-15-27(16-20-30)34-35(28-17-21-31(22-18-28)41(3)4)39-37(38-34)33-24-29(25-11-7-5-8-12-25)23-32(36(33)42)26-13-9-6-10-14-26;1-18-16-22(17-19(2)27(18)33-7)28-29-25(20-8-12-23(13-9-20)31(3)4)26(30-28)21-10-14-24(15-11-21)32(5)6/h13-20,25-26,43H,7-12,21-24H2,1-6H3;15-26,42H,5-14H2,1-4H3,(H,38,39);8-17H,1-7H3,(H,29,30). The van der Waals surface area contributed by atoms with Gasteiger partial charge in [0.05, 0.1) is 51.6 Å². The summed E-state index contributed by atoms with van der Waals surface area (Å²) in [4.78, 5) is 36.9. The molecule has 4 aliphatic rings. The minimum Gasteiger partial charge on any atom is -0.507 e. The zero-order valence-electron chi connectivity index (χ0n) is 73.9. The van der Waals surface area contributed by atoms with Crippen molar-refractivity contribution in [2.45, 2.75) is 179 Å². The Morgan fingerprint density at radius 3 is 1.16 bits per heavy atom. The van der Waals surface area contributed by atoms with Gasteiger partial charge in [-0.15, -0.1) is 11.3 Å². The molecule has 119 heavy (non-hydrogen) atoms. The minimum absolute atomic E-state index is 0.00887. The first-order valence-electron chi connectivity index (χ1n) is 43.5. The first kappa shape index (κ1) is 84.7. The lowest BCUT2D eigenvalue weighted by atomic mass is 9.66. The number of hydrogen-bond acceptors (Lipinski definition) is 13. The number of benzene rings is 9. The molecule has 3 aromatic heterocycles. The van der Waals surface area contributed by atoms with Crippen LogP contribution in [0.1, 0.15) is 187 Å². The predicted octanol–water partition coefficient (Wildman–Crippen LogP) is 25.9. The molecule has 0 atom stereocenters. The summed E-state index contributed by atoms with van der Waals surface area (Å²) in [7, 11) is 26.5. The zero-order chi connectivity index (χ0) is 84.0. The summed E-state index contributed by atoms with van der Waals surface area (Å²) in [5.41, 5.74) is 28.5. The lowest BCUT2D eigenvalue weighted by molar-refractivity contribution is 0.302.